The molecule has 48 heavy (non-hydrogen) atoms. The summed E-state index contributed by atoms with van der Waals surface area (Å²) in [4.78, 5) is 2.52. The summed E-state index contributed by atoms with van der Waals surface area (Å²) in [6.45, 7) is 10.9. The minimum atomic E-state index is 0.682. The molecule has 0 amide bonds. The molecule has 2 rings (SSSR count). The Hall–Kier alpha value is -1.26. The maximum absolute atomic E-state index is 6.34. The quantitative estimate of drug-likeness (QED) is 0.0545. The normalized spacial score (nSPS) is 12.7. The molecule has 0 saturated carbocycles. The summed E-state index contributed by atoms with van der Waals surface area (Å²) in [7, 11) is 3.63. The van der Waals surface area contributed by atoms with Gasteiger partial charge in [0, 0.05) is 9.79 Å². The Kier molecular flexibility index (Phi) is 27.3. The highest BCUT2D eigenvalue weighted by atomic mass is 33.1. The second kappa shape index (κ2) is 30.6. The second-order valence-electron chi connectivity index (χ2n) is 14.3. The van der Waals surface area contributed by atoms with Crippen molar-refractivity contribution >= 4 is 21.6 Å². The number of unbranched alkanes of at least 4 members (excludes halogenated alkanes) is 16. The molecule has 0 heterocycles. The highest BCUT2D eigenvalue weighted by Gasteiger charge is 2.12. The number of rotatable bonds is 33. The molecule has 0 aromatic heterocycles. The van der Waals surface area contributed by atoms with Crippen molar-refractivity contribution < 1.29 is 9.47 Å². The molecule has 2 aromatic carbocycles. The van der Waals surface area contributed by atoms with E-state index in [1.54, 1.807) is 0 Å². The van der Waals surface area contributed by atoms with Crippen LogP contribution in [-0.2, 0) is 0 Å². The second-order valence-corrected chi connectivity index (χ2v) is 16.6. The molecular formula is C44H74O2S2. The molecule has 0 spiro atoms. The minimum absolute atomic E-state index is 0.682. The van der Waals surface area contributed by atoms with Crippen molar-refractivity contribution in [2.45, 2.75) is 192 Å². The van der Waals surface area contributed by atoms with Gasteiger partial charge in [-0.3, -0.25) is 0 Å². The molecule has 0 N–H and O–H groups in total. The Bertz CT molecular complexity index is 881. The molecular weight excluding hydrogens is 625 g/mol. The van der Waals surface area contributed by atoms with E-state index >= 15 is 0 Å². The van der Waals surface area contributed by atoms with E-state index in [4.69, 9.17) is 9.47 Å². The van der Waals surface area contributed by atoms with Crippen molar-refractivity contribution in [1.82, 2.24) is 0 Å². The maximum Gasteiger partial charge on any atom is 0.119 e. The largest absolute Gasteiger partial charge is 0.493 e. The number of ether oxygens (including phenoxy) is 2. The molecule has 4 heteroatoms. The topological polar surface area (TPSA) is 18.5 Å². The monoisotopic (exact) mass is 699 g/mol. The summed E-state index contributed by atoms with van der Waals surface area (Å²) in [6.07, 6.45) is 32.4. The van der Waals surface area contributed by atoms with Gasteiger partial charge in [-0.1, -0.05) is 178 Å². The summed E-state index contributed by atoms with van der Waals surface area (Å²) in [5.74, 6) is 3.38. The van der Waals surface area contributed by atoms with Gasteiger partial charge in [-0.15, -0.1) is 0 Å². The van der Waals surface area contributed by atoms with Gasteiger partial charge >= 0.3 is 0 Å². The van der Waals surface area contributed by atoms with Crippen LogP contribution in [0.5, 0.6) is 11.5 Å². The summed E-state index contributed by atoms with van der Waals surface area (Å²) in [5.41, 5.74) is 0. The average Bonchev–Trinajstić information content (AvgIpc) is 3.12. The molecule has 0 aliphatic heterocycles. The Balaban J connectivity index is 1.75. The first-order valence-corrected chi connectivity index (χ1v) is 22.6. The zero-order valence-electron chi connectivity index (χ0n) is 31.8. The van der Waals surface area contributed by atoms with Crippen LogP contribution in [0.1, 0.15) is 182 Å². The van der Waals surface area contributed by atoms with Crippen molar-refractivity contribution in [2.24, 2.45) is 11.8 Å². The van der Waals surface area contributed by atoms with Crippen LogP contribution in [0.2, 0.25) is 0 Å². The maximum atomic E-state index is 6.34. The lowest BCUT2D eigenvalue weighted by atomic mass is 9.95. The molecule has 2 unspecified atom stereocenters. The molecule has 0 aliphatic rings. The first-order chi connectivity index (χ1) is 23.7. The van der Waals surface area contributed by atoms with Crippen LogP contribution in [0.3, 0.4) is 0 Å². The average molecular weight is 699 g/mol. The first-order valence-electron chi connectivity index (χ1n) is 20.5. The molecule has 0 aliphatic carbocycles. The van der Waals surface area contributed by atoms with E-state index in [9.17, 15) is 0 Å². The lowest BCUT2D eigenvalue weighted by Gasteiger charge is -2.18. The summed E-state index contributed by atoms with van der Waals surface area (Å²) in [5, 5.41) is 0. The van der Waals surface area contributed by atoms with E-state index < -0.39 is 0 Å². The lowest BCUT2D eigenvalue weighted by Crippen LogP contribution is -2.12. The molecule has 2 aromatic rings. The molecule has 2 atom stereocenters. The Labute approximate surface area is 306 Å². The highest BCUT2D eigenvalue weighted by Crippen LogP contribution is 2.38. The van der Waals surface area contributed by atoms with E-state index in [1.807, 2.05) is 21.6 Å². The van der Waals surface area contributed by atoms with Crippen LogP contribution in [0, 0.1) is 11.8 Å². The van der Waals surface area contributed by atoms with Crippen LogP contribution in [0.4, 0.5) is 0 Å². The van der Waals surface area contributed by atoms with Crippen LogP contribution in [0.25, 0.3) is 0 Å². The van der Waals surface area contributed by atoms with Gasteiger partial charge in [-0.25, -0.2) is 0 Å². The SMILES string of the molecule is CCCCCCCCC(CCCCCC)COc1ccc(SSc2ccc(OCC(CCCCCC)CCCCCCCC)cc2)cc1. The third kappa shape index (κ3) is 22.5. The molecule has 0 radical (unpaired) electrons. The van der Waals surface area contributed by atoms with Crippen molar-refractivity contribution in [3.63, 3.8) is 0 Å². The van der Waals surface area contributed by atoms with Crippen LogP contribution in [-0.4, -0.2) is 13.2 Å². The van der Waals surface area contributed by atoms with Crippen LogP contribution >= 0.6 is 21.6 Å². The van der Waals surface area contributed by atoms with E-state index in [1.165, 1.54) is 164 Å². The van der Waals surface area contributed by atoms with Crippen molar-refractivity contribution in [1.29, 1.82) is 0 Å². The lowest BCUT2D eigenvalue weighted by molar-refractivity contribution is 0.224. The van der Waals surface area contributed by atoms with E-state index in [-0.39, 0.29) is 0 Å². The Morgan fingerprint density at radius 1 is 0.375 bits per heavy atom. The van der Waals surface area contributed by atoms with Gasteiger partial charge in [0.15, 0.2) is 0 Å². The van der Waals surface area contributed by atoms with E-state index in [2.05, 4.69) is 76.2 Å². The molecule has 0 fully saturated rings. The standard InChI is InChI=1S/C44H74O2S2/c1-5-9-13-17-19-23-27-39(25-21-15-11-7-3)37-45-41-29-33-43(34-30-41)47-48-44-35-31-42(32-36-44)46-38-40(26-22-16-12-8-4)28-24-20-18-14-10-6-2/h29-36,39-40H,5-28,37-38H2,1-4H3. The molecule has 0 saturated heterocycles. The molecule has 274 valence electrons. The van der Waals surface area contributed by atoms with Gasteiger partial charge in [0.1, 0.15) is 11.5 Å². The number of hydrogen-bond donors (Lipinski definition) is 0. The zero-order chi connectivity index (χ0) is 34.3. The van der Waals surface area contributed by atoms with Crippen LogP contribution in [0.15, 0.2) is 58.3 Å². The highest BCUT2D eigenvalue weighted by molar-refractivity contribution is 8.76. The van der Waals surface area contributed by atoms with Crippen LogP contribution < -0.4 is 9.47 Å². The fourth-order valence-electron chi connectivity index (χ4n) is 6.48. The summed E-state index contributed by atoms with van der Waals surface area (Å²) >= 11 is 0. The van der Waals surface area contributed by atoms with Crippen molar-refractivity contribution in [2.75, 3.05) is 13.2 Å². The first kappa shape index (κ1) is 42.9. The zero-order valence-corrected chi connectivity index (χ0v) is 33.4. The minimum Gasteiger partial charge on any atom is -0.493 e. The predicted octanol–water partition coefficient (Wildman–Crippen LogP) is 15.9. The van der Waals surface area contributed by atoms with Crippen molar-refractivity contribution in [3.8, 4) is 11.5 Å². The van der Waals surface area contributed by atoms with Crippen molar-refractivity contribution in [3.05, 3.63) is 48.5 Å². The third-order valence-corrected chi connectivity index (χ3v) is 12.1. The van der Waals surface area contributed by atoms with Gasteiger partial charge in [-0.05, 0) is 86.1 Å². The smallest absolute Gasteiger partial charge is 0.119 e. The van der Waals surface area contributed by atoms with Gasteiger partial charge in [0.2, 0.25) is 0 Å². The van der Waals surface area contributed by atoms with Gasteiger partial charge in [0.25, 0.3) is 0 Å². The van der Waals surface area contributed by atoms with Gasteiger partial charge in [-0.2, -0.15) is 0 Å². The fraction of sp³-hybridized carbons (Fsp3) is 0.727. The fourth-order valence-corrected chi connectivity index (χ4v) is 8.41. The number of benzene rings is 2. The van der Waals surface area contributed by atoms with E-state index in [0.717, 1.165) is 24.7 Å². The van der Waals surface area contributed by atoms with E-state index in [0.29, 0.717) is 11.8 Å². The molecule has 0 bridgehead atoms. The summed E-state index contributed by atoms with van der Waals surface area (Å²) in [6, 6.07) is 17.5. The van der Waals surface area contributed by atoms with Gasteiger partial charge < -0.3 is 9.47 Å². The Morgan fingerprint density at radius 3 is 0.958 bits per heavy atom. The number of hydrogen-bond acceptors (Lipinski definition) is 4. The summed E-state index contributed by atoms with van der Waals surface area (Å²) < 4.78 is 12.7. The predicted molar refractivity (Wildman–Crippen MR) is 216 cm³/mol. The third-order valence-electron chi connectivity index (χ3n) is 9.72. The van der Waals surface area contributed by atoms with Gasteiger partial charge in [0.05, 0.1) is 13.2 Å². The molecule has 2 nitrogen and oxygen atoms in total. The Morgan fingerprint density at radius 2 is 0.646 bits per heavy atom.